The predicted octanol–water partition coefficient (Wildman–Crippen LogP) is 4.48. The second kappa shape index (κ2) is 8.87. The molecule has 0 aromatic heterocycles. The third kappa shape index (κ3) is 4.16. The van der Waals surface area contributed by atoms with Crippen LogP contribution in [0.5, 0.6) is 0 Å². The number of hydrogen-bond donors (Lipinski definition) is 1. The maximum absolute atomic E-state index is 13.3. The summed E-state index contributed by atoms with van der Waals surface area (Å²) < 4.78 is 0. The van der Waals surface area contributed by atoms with Gasteiger partial charge in [-0.2, -0.15) is 0 Å². The highest BCUT2D eigenvalue weighted by atomic mass is 16.2. The molecule has 1 heterocycles. The summed E-state index contributed by atoms with van der Waals surface area (Å²) in [5.41, 5.74) is 4.54. The van der Waals surface area contributed by atoms with Gasteiger partial charge in [0.25, 0.3) is 5.91 Å². The number of unbranched alkanes of at least 4 members (excludes halogenated alkanes) is 1. The van der Waals surface area contributed by atoms with Gasteiger partial charge in [0.1, 0.15) is 6.04 Å². The Labute approximate surface area is 167 Å². The lowest BCUT2D eigenvalue weighted by Gasteiger charge is -2.33. The molecule has 3 rings (SSSR count). The van der Waals surface area contributed by atoms with Crippen LogP contribution in [0.3, 0.4) is 0 Å². The van der Waals surface area contributed by atoms with Crippen LogP contribution in [0.2, 0.25) is 0 Å². The van der Waals surface area contributed by atoms with E-state index >= 15 is 0 Å². The molecule has 1 atom stereocenters. The minimum absolute atomic E-state index is 0.0789. The third-order valence-electron chi connectivity index (χ3n) is 5.31. The lowest BCUT2D eigenvalue weighted by Crippen LogP contribution is -2.37. The Bertz CT molecular complexity index is 886. The summed E-state index contributed by atoms with van der Waals surface area (Å²) in [7, 11) is 0. The summed E-state index contributed by atoms with van der Waals surface area (Å²) in [4.78, 5) is 27.9. The standard InChI is InChI=1S/C24H28N2O2/c1-4-5-15-26-16-20-13-9-10-14-21(20)22(17(26)2)24(28)25-23(18(3)27)19-11-7-6-8-12-19/h6-14,23H,4-5,15-16H2,1-3H3,(H,25,28)/t23-/m1/s1. The van der Waals surface area contributed by atoms with E-state index in [4.69, 9.17) is 0 Å². The van der Waals surface area contributed by atoms with Crippen molar-refractivity contribution >= 4 is 17.3 Å². The molecule has 0 unspecified atom stereocenters. The van der Waals surface area contributed by atoms with E-state index in [0.29, 0.717) is 5.57 Å². The topological polar surface area (TPSA) is 49.4 Å². The van der Waals surface area contributed by atoms with Crippen LogP contribution in [-0.2, 0) is 16.1 Å². The van der Waals surface area contributed by atoms with Gasteiger partial charge in [-0.05, 0) is 37.0 Å². The number of nitrogens with one attached hydrogen (secondary N) is 1. The first kappa shape index (κ1) is 19.9. The average Bonchev–Trinajstić information content (AvgIpc) is 2.70. The van der Waals surface area contributed by atoms with Crippen molar-refractivity contribution in [3.05, 3.63) is 77.0 Å². The van der Waals surface area contributed by atoms with E-state index in [-0.39, 0.29) is 11.7 Å². The van der Waals surface area contributed by atoms with Crippen molar-refractivity contribution in [1.82, 2.24) is 10.2 Å². The van der Waals surface area contributed by atoms with Crippen molar-refractivity contribution in [2.45, 2.75) is 46.2 Å². The smallest absolute Gasteiger partial charge is 0.254 e. The SMILES string of the molecule is CCCCN1Cc2ccccc2C(C(=O)N[C@H](C(C)=O)c2ccccc2)=C1C. The van der Waals surface area contributed by atoms with Crippen molar-refractivity contribution in [2.75, 3.05) is 6.54 Å². The van der Waals surface area contributed by atoms with Gasteiger partial charge < -0.3 is 10.2 Å². The zero-order valence-electron chi connectivity index (χ0n) is 16.9. The molecule has 1 N–H and O–H groups in total. The fourth-order valence-electron chi connectivity index (χ4n) is 3.73. The zero-order chi connectivity index (χ0) is 20.1. The number of carbonyl (C=O) groups is 2. The minimum Gasteiger partial charge on any atom is -0.370 e. The summed E-state index contributed by atoms with van der Waals surface area (Å²) in [5, 5.41) is 2.98. The molecule has 4 nitrogen and oxygen atoms in total. The van der Waals surface area contributed by atoms with Gasteiger partial charge in [-0.25, -0.2) is 0 Å². The lowest BCUT2D eigenvalue weighted by molar-refractivity contribution is -0.124. The van der Waals surface area contributed by atoms with Crippen molar-refractivity contribution in [3.63, 3.8) is 0 Å². The van der Waals surface area contributed by atoms with Crippen LogP contribution >= 0.6 is 0 Å². The van der Waals surface area contributed by atoms with Crippen LogP contribution < -0.4 is 5.32 Å². The minimum atomic E-state index is -0.646. The molecule has 0 saturated carbocycles. The molecule has 0 radical (unpaired) electrons. The van der Waals surface area contributed by atoms with E-state index in [1.54, 1.807) is 0 Å². The Hall–Kier alpha value is -2.88. The number of amides is 1. The van der Waals surface area contributed by atoms with Gasteiger partial charge in [0.2, 0.25) is 0 Å². The number of carbonyl (C=O) groups excluding carboxylic acids is 2. The molecule has 1 amide bonds. The highest BCUT2D eigenvalue weighted by Gasteiger charge is 2.28. The summed E-state index contributed by atoms with van der Waals surface area (Å²) in [6.07, 6.45) is 2.18. The molecule has 0 saturated heterocycles. The van der Waals surface area contributed by atoms with E-state index in [2.05, 4.69) is 23.2 Å². The Balaban J connectivity index is 1.95. The predicted molar refractivity (Wildman–Crippen MR) is 112 cm³/mol. The number of hydrogen-bond acceptors (Lipinski definition) is 3. The Morgan fingerprint density at radius 3 is 2.43 bits per heavy atom. The quantitative estimate of drug-likeness (QED) is 0.775. The first-order valence-electron chi connectivity index (χ1n) is 9.93. The molecule has 0 spiro atoms. The lowest BCUT2D eigenvalue weighted by atomic mass is 9.92. The maximum Gasteiger partial charge on any atom is 0.254 e. The number of benzene rings is 2. The summed E-state index contributed by atoms with van der Waals surface area (Å²) in [6.45, 7) is 7.42. The molecule has 1 aliphatic rings. The Morgan fingerprint density at radius 1 is 1.07 bits per heavy atom. The highest BCUT2D eigenvalue weighted by Crippen LogP contribution is 2.32. The van der Waals surface area contributed by atoms with Gasteiger partial charge in [0.15, 0.2) is 5.78 Å². The average molecular weight is 377 g/mol. The van der Waals surface area contributed by atoms with E-state index < -0.39 is 6.04 Å². The molecule has 1 aliphatic heterocycles. The van der Waals surface area contributed by atoms with Crippen LogP contribution in [0, 0.1) is 0 Å². The van der Waals surface area contributed by atoms with Gasteiger partial charge in [0.05, 0.1) is 5.57 Å². The van der Waals surface area contributed by atoms with Crippen LogP contribution in [0.25, 0.3) is 5.57 Å². The van der Waals surface area contributed by atoms with E-state index in [1.807, 2.05) is 55.5 Å². The fraction of sp³-hybridized carbons (Fsp3) is 0.333. The normalized spacial score (nSPS) is 14.5. The van der Waals surface area contributed by atoms with E-state index in [1.165, 1.54) is 6.92 Å². The Kier molecular flexibility index (Phi) is 6.30. The number of allylic oxidation sites excluding steroid dienone is 1. The molecule has 146 valence electrons. The monoisotopic (exact) mass is 376 g/mol. The Morgan fingerprint density at radius 2 is 1.75 bits per heavy atom. The second-order valence-electron chi connectivity index (χ2n) is 7.32. The molecule has 0 aliphatic carbocycles. The van der Waals surface area contributed by atoms with Gasteiger partial charge in [0, 0.05) is 18.8 Å². The molecule has 28 heavy (non-hydrogen) atoms. The molecular weight excluding hydrogens is 348 g/mol. The molecule has 4 heteroatoms. The van der Waals surface area contributed by atoms with Crippen LogP contribution in [0.4, 0.5) is 0 Å². The second-order valence-corrected chi connectivity index (χ2v) is 7.32. The number of rotatable bonds is 7. The summed E-state index contributed by atoms with van der Waals surface area (Å²) >= 11 is 0. The number of Topliss-reactive ketones (excluding diaryl/α,β-unsaturated/α-hetero) is 1. The van der Waals surface area contributed by atoms with Gasteiger partial charge in [-0.15, -0.1) is 0 Å². The van der Waals surface area contributed by atoms with Crippen molar-refractivity contribution < 1.29 is 9.59 Å². The maximum atomic E-state index is 13.3. The fourth-order valence-corrected chi connectivity index (χ4v) is 3.73. The molecule has 2 aromatic carbocycles. The number of fused-ring (bicyclic) bond motifs is 1. The molecule has 0 bridgehead atoms. The molecule has 2 aromatic rings. The van der Waals surface area contributed by atoms with Gasteiger partial charge in [-0.3, -0.25) is 9.59 Å². The van der Waals surface area contributed by atoms with Crippen molar-refractivity contribution in [2.24, 2.45) is 0 Å². The first-order chi connectivity index (χ1) is 13.5. The van der Waals surface area contributed by atoms with Crippen molar-refractivity contribution in [3.8, 4) is 0 Å². The summed E-state index contributed by atoms with van der Waals surface area (Å²) in [6, 6.07) is 16.8. The van der Waals surface area contributed by atoms with Crippen LogP contribution in [0.15, 0.2) is 60.3 Å². The molecular formula is C24H28N2O2. The van der Waals surface area contributed by atoms with E-state index in [9.17, 15) is 9.59 Å². The zero-order valence-corrected chi connectivity index (χ0v) is 16.9. The number of nitrogens with zero attached hydrogens (tertiary/aromatic N) is 1. The van der Waals surface area contributed by atoms with Crippen LogP contribution in [-0.4, -0.2) is 23.1 Å². The largest absolute Gasteiger partial charge is 0.370 e. The molecule has 0 fully saturated rings. The first-order valence-corrected chi connectivity index (χ1v) is 9.93. The van der Waals surface area contributed by atoms with Gasteiger partial charge >= 0.3 is 0 Å². The van der Waals surface area contributed by atoms with Crippen LogP contribution in [0.1, 0.15) is 56.3 Å². The van der Waals surface area contributed by atoms with Crippen molar-refractivity contribution in [1.29, 1.82) is 0 Å². The van der Waals surface area contributed by atoms with E-state index in [0.717, 1.165) is 48.3 Å². The highest BCUT2D eigenvalue weighted by molar-refractivity contribution is 6.21. The summed E-state index contributed by atoms with van der Waals surface area (Å²) in [5.74, 6) is -0.278. The van der Waals surface area contributed by atoms with Gasteiger partial charge in [-0.1, -0.05) is 67.9 Å². The third-order valence-corrected chi connectivity index (χ3v) is 5.31. The number of ketones is 1.